The Kier molecular flexibility index (Phi) is 4.66. The molecule has 0 bridgehead atoms. The van der Waals surface area contributed by atoms with Crippen LogP contribution in [0.3, 0.4) is 0 Å². The molecular weight excluding hydrogens is 294 g/mol. The molecule has 0 aliphatic carbocycles. The first-order chi connectivity index (χ1) is 8.57. The number of alkyl halides is 1. The van der Waals surface area contributed by atoms with E-state index in [1.807, 2.05) is 0 Å². The molecular formula is C11H16ClNO3S2. The molecule has 1 aromatic rings. The molecule has 2 heterocycles. The molecule has 4 nitrogen and oxygen atoms in total. The van der Waals surface area contributed by atoms with Crippen molar-refractivity contribution >= 4 is 33.0 Å². The van der Waals surface area contributed by atoms with Crippen LogP contribution in [0.5, 0.6) is 0 Å². The zero-order chi connectivity index (χ0) is 13.2. The Hall–Kier alpha value is -0.140. The average Bonchev–Trinajstić information content (AvgIpc) is 2.88. The molecule has 1 aliphatic rings. The van der Waals surface area contributed by atoms with Gasteiger partial charge in [0.15, 0.2) is 0 Å². The first-order valence-corrected chi connectivity index (χ1v) is 8.59. The van der Waals surface area contributed by atoms with Crippen LogP contribution in [0.1, 0.15) is 18.4 Å². The molecule has 0 amide bonds. The second-order valence-corrected chi connectivity index (χ2v) is 7.59. The van der Waals surface area contributed by atoms with Gasteiger partial charge in [-0.15, -0.1) is 22.9 Å². The summed E-state index contributed by atoms with van der Waals surface area (Å²) < 4.78 is 31.9. The highest BCUT2D eigenvalue weighted by molar-refractivity contribution is 7.91. The summed E-state index contributed by atoms with van der Waals surface area (Å²) in [5.74, 6) is 0.345. The third-order valence-electron chi connectivity index (χ3n) is 3.11. The highest BCUT2D eigenvalue weighted by atomic mass is 35.5. The van der Waals surface area contributed by atoms with Crippen molar-refractivity contribution < 1.29 is 13.2 Å². The Bertz CT molecular complexity index is 492. The van der Waals surface area contributed by atoms with E-state index in [9.17, 15) is 8.42 Å². The maximum Gasteiger partial charge on any atom is 0.252 e. The van der Waals surface area contributed by atoms with Gasteiger partial charge in [0.1, 0.15) is 4.21 Å². The predicted molar refractivity (Wildman–Crippen MR) is 72.7 cm³/mol. The van der Waals surface area contributed by atoms with Gasteiger partial charge in [-0.2, -0.15) is 4.31 Å². The lowest BCUT2D eigenvalue weighted by Gasteiger charge is -2.29. The fraction of sp³-hybridized carbons (Fsp3) is 0.636. The zero-order valence-corrected chi connectivity index (χ0v) is 12.5. The van der Waals surface area contributed by atoms with Crippen LogP contribution in [0.25, 0.3) is 0 Å². The van der Waals surface area contributed by atoms with E-state index in [4.69, 9.17) is 16.3 Å². The van der Waals surface area contributed by atoms with Crippen molar-refractivity contribution in [1.82, 2.24) is 4.31 Å². The largest absolute Gasteiger partial charge is 0.381 e. The molecule has 0 atom stereocenters. The monoisotopic (exact) mass is 309 g/mol. The van der Waals surface area contributed by atoms with Crippen molar-refractivity contribution in [2.24, 2.45) is 0 Å². The van der Waals surface area contributed by atoms with Crippen LogP contribution >= 0.6 is 22.9 Å². The molecule has 102 valence electrons. The molecule has 0 N–H and O–H groups in total. The third kappa shape index (κ3) is 2.88. The minimum absolute atomic E-state index is 0.179. The fourth-order valence-electron chi connectivity index (χ4n) is 1.99. The van der Waals surface area contributed by atoms with Gasteiger partial charge in [-0.05, 0) is 29.9 Å². The molecule has 18 heavy (non-hydrogen) atoms. The molecule has 2 rings (SSSR count). The van der Waals surface area contributed by atoms with Crippen molar-refractivity contribution in [1.29, 1.82) is 0 Å². The summed E-state index contributed by atoms with van der Waals surface area (Å²) >= 11 is 6.93. The summed E-state index contributed by atoms with van der Waals surface area (Å²) in [6.45, 7) is 1.05. The Balaban J connectivity index is 2.12. The number of ether oxygens (including phenoxy) is 1. The Morgan fingerprint density at radius 1 is 1.50 bits per heavy atom. The van der Waals surface area contributed by atoms with Crippen molar-refractivity contribution in [3.8, 4) is 0 Å². The minimum atomic E-state index is -3.35. The number of thiophene rings is 1. The molecule has 0 unspecified atom stereocenters. The number of piperidine rings is 1. The SMILES string of the molecule is COC1CCN(S(=O)(=O)c2cc(CCl)cs2)CC1. The van der Waals surface area contributed by atoms with Gasteiger partial charge in [0.25, 0.3) is 10.0 Å². The normalized spacial score (nSPS) is 19.2. The number of halogens is 1. The summed E-state index contributed by atoms with van der Waals surface area (Å²) in [5, 5.41) is 1.79. The number of rotatable bonds is 4. The van der Waals surface area contributed by atoms with E-state index in [2.05, 4.69) is 0 Å². The topological polar surface area (TPSA) is 46.6 Å². The first-order valence-electron chi connectivity index (χ1n) is 5.74. The molecule has 0 aromatic carbocycles. The number of hydrogen-bond acceptors (Lipinski definition) is 4. The van der Waals surface area contributed by atoms with E-state index < -0.39 is 10.0 Å². The van der Waals surface area contributed by atoms with Crippen LogP contribution in [0.4, 0.5) is 0 Å². The van der Waals surface area contributed by atoms with Crippen LogP contribution < -0.4 is 0 Å². The van der Waals surface area contributed by atoms with Crippen molar-refractivity contribution in [2.45, 2.75) is 29.0 Å². The summed E-state index contributed by atoms with van der Waals surface area (Å²) in [5.41, 5.74) is 0.854. The summed E-state index contributed by atoms with van der Waals surface area (Å²) in [6, 6.07) is 1.66. The lowest BCUT2D eigenvalue weighted by Crippen LogP contribution is -2.40. The fourth-order valence-corrected chi connectivity index (χ4v) is 5.07. The van der Waals surface area contributed by atoms with E-state index in [1.165, 1.54) is 15.6 Å². The van der Waals surface area contributed by atoms with Crippen LogP contribution in [-0.4, -0.2) is 39.0 Å². The van der Waals surface area contributed by atoms with Crippen molar-refractivity contribution in [3.63, 3.8) is 0 Å². The molecule has 1 aromatic heterocycles. The standard InChI is InChI=1S/C11H16ClNO3S2/c1-16-10-2-4-13(5-3-10)18(14,15)11-6-9(7-12)8-17-11/h6,8,10H,2-5,7H2,1H3. The lowest BCUT2D eigenvalue weighted by atomic mass is 10.1. The van der Waals surface area contributed by atoms with Crippen LogP contribution in [0.15, 0.2) is 15.7 Å². The second-order valence-electron chi connectivity index (χ2n) is 4.25. The Morgan fingerprint density at radius 3 is 2.67 bits per heavy atom. The van der Waals surface area contributed by atoms with Gasteiger partial charge in [-0.1, -0.05) is 0 Å². The maximum absolute atomic E-state index is 12.4. The smallest absolute Gasteiger partial charge is 0.252 e. The zero-order valence-electron chi connectivity index (χ0n) is 10.1. The lowest BCUT2D eigenvalue weighted by molar-refractivity contribution is 0.0605. The highest BCUT2D eigenvalue weighted by Gasteiger charge is 2.30. The molecule has 0 radical (unpaired) electrons. The number of hydrogen-bond donors (Lipinski definition) is 0. The van der Waals surface area contributed by atoms with E-state index in [1.54, 1.807) is 18.6 Å². The molecule has 0 saturated carbocycles. The Morgan fingerprint density at radius 2 is 2.17 bits per heavy atom. The van der Waals surface area contributed by atoms with Gasteiger partial charge in [-0.25, -0.2) is 8.42 Å². The first kappa shape index (κ1) is 14.3. The van der Waals surface area contributed by atoms with E-state index >= 15 is 0 Å². The predicted octanol–water partition coefficient (Wildman–Crippen LogP) is 2.29. The van der Waals surface area contributed by atoms with Crippen LogP contribution in [-0.2, 0) is 20.6 Å². The van der Waals surface area contributed by atoms with Gasteiger partial charge in [-0.3, -0.25) is 0 Å². The van der Waals surface area contributed by atoms with Gasteiger partial charge < -0.3 is 4.74 Å². The number of methoxy groups -OCH3 is 1. The van der Waals surface area contributed by atoms with Gasteiger partial charge >= 0.3 is 0 Å². The molecule has 1 fully saturated rings. The van der Waals surface area contributed by atoms with E-state index in [-0.39, 0.29) is 6.10 Å². The van der Waals surface area contributed by atoms with Crippen molar-refractivity contribution in [3.05, 3.63) is 17.0 Å². The van der Waals surface area contributed by atoms with Crippen LogP contribution in [0, 0.1) is 0 Å². The minimum Gasteiger partial charge on any atom is -0.381 e. The Labute approximate surface area is 117 Å². The van der Waals surface area contributed by atoms with Gasteiger partial charge in [0, 0.05) is 26.1 Å². The summed E-state index contributed by atoms with van der Waals surface area (Å²) in [6.07, 6.45) is 1.69. The molecule has 0 spiro atoms. The highest BCUT2D eigenvalue weighted by Crippen LogP contribution is 2.27. The molecule has 7 heteroatoms. The molecule has 1 saturated heterocycles. The van der Waals surface area contributed by atoms with E-state index in [0.717, 1.165) is 18.4 Å². The van der Waals surface area contributed by atoms with Gasteiger partial charge in [0.2, 0.25) is 0 Å². The second kappa shape index (κ2) is 5.88. The summed E-state index contributed by atoms with van der Waals surface area (Å²) in [7, 11) is -1.68. The van der Waals surface area contributed by atoms with Crippen LogP contribution in [0.2, 0.25) is 0 Å². The maximum atomic E-state index is 12.4. The van der Waals surface area contributed by atoms with Crippen molar-refractivity contribution in [2.75, 3.05) is 20.2 Å². The molecule has 1 aliphatic heterocycles. The van der Waals surface area contributed by atoms with Gasteiger partial charge in [0.05, 0.1) is 6.10 Å². The number of nitrogens with zero attached hydrogens (tertiary/aromatic N) is 1. The summed E-state index contributed by atoms with van der Waals surface area (Å²) in [4.78, 5) is 0. The third-order valence-corrected chi connectivity index (χ3v) is 6.78. The van der Waals surface area contributed by atoms with E-state index in [0.29, 0.717) is 23.2 Å². The quantitative estimate of drug-likeness (QED) is 0.802. The number of sulfonamides is 1. The average molecular weight is 310 g/mol.